The molecule has 100 valence electrons. The van der Waals surface area contributed by atoms with Crippen LogP contribution < -0.4 is 4.74 Å². The van der Waals surface area contributed by atoms with E-state index in [1.54, 1.807) is 12.1 Å². The lowest BCUT2D eigenvalue weighted by molar-refractivity contribution is 0.255. The van der Waals surface area contributed by atoms with Crippen LogP contribution in [-0.2, 0) is 6.42 Å². The van der Waals surface area contributed by atoms with Crippen molar-refractivity contribution in [3.05, 3.63) is 29.6 Å². The van der Waals surface area contributed by atoms with E-state index in [-0.39, 0.29) is 5.82 Å². The van der Waals surface area contributed by atoms with Gasteiger partial charge in [-0.2, -0.15) is 0 Å². The minimum absolute atomic E-state index is 0.240. The maximum absolute atomic E-state index is 13.6. The standard InChI is InChI=1S/C15H22FNO/c1-2-13-6-7-15(14(16)12-13)18-11-5-10-17-8-3-4-9-17/h6-7,12H,2-5,8-11H2,1H3. The highest BCUT2D eigenvalue weighted by atomic mass is 19.1. The first-order valence-corrected chi connectivity index (χ1v) is 6.93. The number of benzene rings is 1. The lowest BCUT2D eigenvalue weighted by atomic mass is 10.1. The number of hydrogen-bond acceptors (Lipinski definition) is 2. The molecule has 2 nitrogen and oxygen atoms in total. The molecule has 2 rings (SSSR count). The van der Waals surface area contributed by atoms with Gasteiger partial charge in [-0.25, -0.2) is 4.39 Å². The van der Waals surface area contributed by atoms with Gasteiger partial charge in [-0.3, -0.25) is 0 Å². The van der Waals surface area contributed by atoms with Crippen LogP contribution in [0.4, 0.5) is 4.39 Å². The zero-order valence-electron chi connectivity index (χ0n) is 11.1. The summed E-state index contributed by atoms with van der Waals surface area (Å²) < 4.78 is 19.1. The van der Waals surface area contributed by atoms with Gasteiger partial charge in [-0.15, -0.1) is 0 Å². The van der Waals surface area contributed by atoms with Crippen LogP contribution in [0.1, 0.15) is 31.7 Å². The number of ether oxygens (including phenoxy) is 1. The van der Waals surface area contributed by atoms with Crippen molar-refractivity contribution in [2.45, 2.75) is 32.6 Å². The van der Waals surface area contributed by atoms with Crippen LogP contribution >= 0.6 is 0 Å². The van der Waals surface area contributed by atoms with E-state index in [0.717, 1.165) is 24.9 Å². The van der Waals surface area contributed by atoms with Crippen LogP contribution in [0.25, 0.3) is 0 Å². The lowest BCUT2D eigenvalue weighted by Gasteiger charge is -2.14. The summed E-state index contributed by atoms with van der Waals surface area (Å²) in [6, 6.07) is 5.23. The molecule has 3 heteroatoms. The Morgan fingerprint density at radius 2 is 2.06 bits per heavy atom. The monoisotopic (exact) mass is 251 g/mol. The predicted molar refractivity (Wildman–Crippen MR) is 71.6 cm³/mol. The van der Waals surface area contributed by atoms with Gasteiger partial charge in [0.05, 0.1) is 6.61 Å². The normalized spacial score (nSPS) is 16.1. The van der Waals surface area contributed by atoms with Crippen LogP contribution in [0.2, 0.25) is 0 Å². The van der Waals surface area contributed by atoms with E-state index in [0.29, 0.717) is 12.4 Å². The van der Waals surface area contributed by atoms with Crippen LogP contribution in [0, 0.1) is 5.82 Å². The summed E-state index contributed by atoms with van der Waals surface area (Å²) in [7, 11) is 0. The molecule has 18 heavy (non-hydrogen) atoms. The van der Waals surface area contributed by atoms with E-state index in [1.165, 1.54) is 25.9 Å². The Bertz CT molecular complexity index is 375. The van der Waals surface area contributed by atoms with Crippen LogP contribution in [0.5, 0.6) is 5.75 Å². The summed E-state index contributed by atoms with van der Waals surface area (Å²) >= 11 is 0. The van der Waals surface area contributed by atoms with E-state index in [1.807, 2.05) is 13.0 Å². The lowest BCUT2D eigenvalue weighted by Crippen LogP contribution is -2.22. The summed E-state index contributed by atoms with van der Waals surface area (Å²) in [5, 5.41) is 0. The molecule has 0 amide bonds. The zero-order chi connectivity index (χ0) is 12.8. The van der Waals surface area contributed by atoms with E-state index < -0.39 is 0 Å². The van der Waals surface area contributed by atoms with Gasteiger partial charge in [0.1, 0.15) is 0 Å². The van der Waals surface area contributed by atoms with Crippen LogP contribution in [0.15, 0.2) is 18.2 Å². The second kappa shape index (κ2) is 6.74. The molecule has 0 aromatic heterocycles. The fourth-order valence-electron chi connectivity index (χ4n) is 2.36. The van der Waals surface area contributed by atoms with Crippen molar-refractivity contribution in [2.24, 2.45) is 0 Å². The highest BCUT2D eigenvalue weighted by Crippen LogP contribution is 2.19. The Kier molecular flexibility index (Phi) is 5.00. The van der Waals surface area contributed by atoms with E-state index in [9.17, 15) is 4.39 Å². The number of aryl methyl sites for hydroxylation is 1. The molecule has 0 atom stereocenters. The molecule has 0 aliphatic carbocycles. The molecule has 1 aliphatic heterocycles. The van der Waals surface area contributed by atoms with Gasteiger partial charge in [-0.1, -0.05) is 13.0 Å². The van der Waals surface area contributed by atoms with Gasteiger partial charge >= 0.3 is 0 Å². The molecule has 1 heterocycles. The van der Waals surface area contributed by atoms with Gasteiger partial charge in [0, 0.05) is 6.54 Å². The van der Waals surface area contributed by atoms with Crippen molar-refractivity contribution >= 4 is 0 Å². The molecule has 0 radical (unpaired) electrons. The van der Waals surface area contributed by atoms with Crippen molar-refractivity contribution in [1.29, 1.82) is 0 Å². The maximum atomic E-state index is 13.6. The minimum atomic E-state index is -0.240. The van der Waals surface area contributed by atoms with Crippen LogP contribution in [-0.4, -0.2) is 31.1 Å². The number of rotatable bonds is 6. The first-order valence-electron chi connectivity index (χ1n) is 6.93. The molecule has 0 N–H and O–H groups in total. The van der Waals surface area contributed by atoms with Crippen molar-refractivity contribution in [1.82, 2.24) is 4.90 Å². The van der Waals surface area contributed by atoms with Gasteiger partial charge in [0.25, 0.3) is 0 Å². The Balaban J connectivity index is 1.72. The smallest absolute Gasteiger partial charge is 0.165 e. The quantitative estimate of drug-likeness (QED) is 0.720. The fraction of sp³-hybridized carbons (Fsp3) is 0.600. The Morgan fingerprint density at radius 3 is 2.72 bits per heavy atom. The minimum Gasteiger partial charge on any atom is -0.490 e. The van der Waals surface area contributed by atoms with E-state index in [2.05, 4.69) is 4.90 Å². The topological polar surface area (TPSA) is 12.5 Å². The maximum Gasteiger partial charge on any atom is 0.165 e. The SMILES string of the molecule is CCc1ccc(OCCCN2CCCC2)c(F)c1. The van der Waals surface area contributed by atoms with E-state index in [4.69, 9.17) is 4.74 Å². The Morgan fingerprint density at radius 1 is 1.28 bits per heavy atom. The number of hydrogen-bond donors (Lipinski definition) is 0. The summed E-state index contributed by atoms with van der Waals surface area (Å²) in [6.07, 6.45) is 4.45. The average molecular weight is 251 g/mol. The van der Waals surface area contributed by atoms with Gasteiger partial charge in [0.2, 0.25) is 0 Å². The highest BCUT2D eigenvalue weighted by molar-refractivity contribution is 5.29. The largest absolute Gasteiger partial charge is 0.490 e. The molecule has 1 fully saturated rings. The molecule has 0 saturated carbocycles. The highest BCUT2D eigenvalue weighted by Gasteiger charge is 2.10. The molecule has 0 unspecified atom stereocenters. The third-order valence-electron chi connectivity index (χ3n) is 3.48. The van der Waals surface area contributed by atoms with Gasteiger partial charge in [0.15, 0.2) is 11.6 Å². The average Bonchev–Trinajstić information content (AvgIpc) is 2.89. The molecule has 1 aliphatic rings. The number of halogens is 1. The first-order chi connectivity index (χ1) is 8.79. The Labute approximate surface area is 109 Å². The van der Waals surface area contributed by atoms with Gasteiger partial charge in [-0.05, 0) is 56.5 Å². The van der Waals surface area contributed by atoms with Crippen LogP contribution in [0.3, 0.4) is 0 Å². The first kappa shape index (κ1) is 13.3. The third-order valence-corrected chi connectivity index (χ3v) is 3.48. The van der Waals surface area contributed by atoms with Crippen molar-refractivity contribution in [3.8, 4) is 5.75 Å². The third kappa shape index (κ3) is 3.70. The second-order valence-corrected chi connectivity index (χ2v) is 4.87. The Hall–Kier alpha value is -1.09. The molecule has 0 spiro atoms. The molecular weight excluding hydrogens is 229 g/mol. The summed E-state index contributed by atoms with van der Waals surface area (Å²) in [5.74, 6) is 0.143. The molecule has 1 aromatic rings. The fourth-order valence-corrected chi connectivity index (χ4v) is 2.36. The number of nitrogens with zero attached hydrogens (tertiary/aromatic N) is 1. The summed E-state index contributed by atoms with van der Waals surface area (Å²) in [5.41, 5.74) is 1.01. The summed E-state index contributed by atoms with van der Waals surface area (Å²) in [4.78, 5) is 2.44. The van der Waals surface area contributed by atoms with E-state index >= 15 is 0 Å². The van der Waals surface area contributed by atoms with Crippen molar-refractivity contribution < 1.29 is 9.13 Å². The predicted octanol–water partition coefficient (Wildman–Crippen LogP) is 3.25. The molecule has 0 bridgehead atoms. The zero-order valence-corrected chi connectivity index (χ0v) is 11.1. The molecular formula is C15H22FNO. The van der Waals surface area contributed by atoms with Crippen molar-refractivity contribution in [2.75, 3.05) is 26.2 Å². The summed E-state index contributed by atoms with van der Waals surface area (Å²) in [6.45, 7) is 6.10. The number of likely N-dealkylation sites (tertiary alicyclic amines) is 1. The molecule has 1 saturated heterocycles. The van der Waals surface area contributed by atoms with Crippen molar-refractivity contribution in [3.63, 3.8) is 0 Å². The second-order valence-electron chi connectivity index (χ2n) is 4.87. The molecule has 1 aromatic carbocycles. The van der Waals surface area contributed by atoms with Gasteiger partial charge < -0.3 is 9.64 Å².